The maximum atomic E-state index is 13.3. The third kappa shape index (κ3) is 5.31. The monoisotopic (exact) mass is 495 g/mol. The van der Waals surface area contributed by atoms with Crippen LogP contribution in [0.1, 0.15) is 69.7 Å². The van der Waals surface area contributed by atoms with E-state index in [1.807, 2.05) is 29.8 Å². The van der Waals surface area contributed by atoms with Gasteiger partial charge in [-0.25, -0.2) is 4.98 Å². The van der Waals surface area contributed by atoms with Crippen LogP contribution in [-0.4, -0.2) is 55.9 Å². The van der Waals surface area contributed by atoms with Crippen molar-refractivity contribution < 1.29 is 14.6 Å². The molecule has 9 nitrogen and oxygen atoms in total. The van der Waals surface area contributed by atoms with E-state index >= 15 is 0 Å². The number of hydrogen-bond acceptors (Lipinski definition) is 6. The van der Waals surface area contributed by atoms with Gasteiger partial charge in [-0.2, -0.15) is 5.10 Å². The van der Waals surface area contributed by atoms with Crippen LogP contribution in [0.3, 0.4) is 0 Å². The molecule has 0 radical (unpaired) electrons. The Morgan fingerprint density at radius 1 is 1.28 bits per heavy atom. The molecule has 3 heterocycles. The second-order valence-electron chi connectivity index (χ2n) is 9.77. The van der Waals surface area contributed by atoms with Crippen molar-refractivity contribution in [3.63, 3.8) is 0 Å². The molecule has 2 aromatic heterocycles. The summed E-state index contributed by atoms with van der Waals surface area (Å²) in [5.74, 6) is 0.145. The molecule has 0 saturated carbocycles. The number of methoxy groups -OCH3 is 1. The number of unbranched alkanes of at least 4 members (excludes halogenated alkanes) is 1. The number of rotatable bonds is 10. The first-order valence-electron chi connectivity index (χ1n) is 13.0. The number of nitrogens with zero attached hydrogens (tertiary/aromatic N) is 4. The number of aryl methyl sites for hydroxylation is 1. The Labute approximate surface area is 211 Å². The van der Waals surface area contributed by atoms with Gasteiger partial charge in [-0.05, 0) is 63.4 Å². The minimum absolute atomic E-state index is 0.171. The van der Waals surface area contributed by atoms with Gasteiger partial charge in [-0.1, -0.05) is 32.8 Å². The van der Waals surface area contributed by atoms with Crippen LogP contribution in [0.25, 0.3) is 22.4 Å². The third-order valence-electron chi connectivity index (χ3n) is 7.30. The van der Waals surface area contributed by atoms with Gasteiger partial charge in [0.25, 0.3) is 5.56 Å². The average Bonchev–Trinajstić information content (AvgIpc) is 3.21. The summed E-state index contributed by atoms with van der Waals surface area (Å²) in [5.41, 5.74) is 3.48. The summed E-state index contributed by atoms with van der Waals surface area (Å²) in [4.78, 5) is 34.5. The number of nitrogens with one attached hydrogen (secondary N) is 1. The van der Waals surface area contributed by atoms with Crippen molar-refractivity contribution in [1.82, 2.24) is 24.6 Å². The molecule has 194 valence electrons. The topological polar surface area (TPSA) is 113 Å². The van der Waals surface area contributed by atoms with Crippen molar-refractivity contribution in [2.24, 2.45) is 5.92 Å². The molecule has 1 aliphatic heterocycles. The third-order valence-corrected chi connectivity index (χ3v) is 7.30. The van der Waals surface area contributed by atoms with Crippen molar-refractivity contribution in [3.05, 3.63) is 39.8 Å². The number of piperidine rings is 1. The fourth-order valence-corrected chi connectivity index (χ4v) is 5.15. The number of benzene rings is 1. The van der Waals surface area contributed by atoms with Gasteiger partial charge in [0.05, 0.1) is 30.3 Å². The van der Waals surface area contributed by atoms with Gasteiger partial charge in [-0.3, -0.25) is 19.2 Å². The highest BCUT2D eigenvalue weighted by Crippen LogP contribution is 2.31. The van der Waals surface area contributed by atoms with Crippen LogP contribution in [0.5, 0.6) is 5.75 Å². The molecule has 1 unspecified atom stereocenters. The molecule has 0 aliphatic carbocycles. The molecule has 4 rings (SSSR count). The predicted octanol–water partition coefficient (Wildman–Crippen LogP) is 4.54. The number of ether oxygens (including phenoxy) is 1. The fourth-order valence-electron chi connectivity index (χ4n) is 5.15. The zero-order valence-electron chi connectivity index (χ0n) is 21.7. The van der Waals surface area contributed by atoms with Gasteiger partial charge < -0.3 is 14.8 Å². The summed E-state index contributed by atoms with van der Waals surface area (Å²) in [7, 11) is 1.61. The molecule has 36 heavy (non-hydrogen) atoms. The van der Waals surface area contributed by atoms with Crippen LogP contribution >= 0.6 is 0 Å². The van der Waals surface area contributed by atoms with Gasteiger partial charge in [0.2, 0.25) is 0 Å². The minimum atomic E-state index is -0.703. The van der Waals surface area contributed by atoms with Crippen molar-refractivity contribution in [2.45, 2.75) is 71.9 Å². The van der Waals surface area contributed by atoms with Crippen LogP contribution in [-0.2, 0) is 11.3 Å². The molecular weight excluding hydrogens is 458 g/mol. The predicted molar refractivity (Wildman–Crippen MR) is 139 cm³/mol. The first-order valence-corrected chi connectivity index (χ1v) is 13.0. The molecular formula is C27H37N5O4. The summed E-state index contributed by atoms with van der Waals surface area (Å²) in [6.07, 6.45) is 5.40. The largest absolute Gasteiger partial charge is 0.496 e. The van der Waals surface area contributed by atoms with E-state index in [1.165, 1.54) is 0 Å². The van der Waals surface area contributed by atoms with E-state index in [1.54, 1.807) is 7.11 Å². The highest BCUT2D eigenvalue weighted by molar-refractivity contribution is 5.79. The molecule has 0 spiro atoms. The molecule has 3 aromatic rings. The lowest BCUT2D eigenvalue weighted by Crippen LogP contribution is -2.35. The Morgan fingerprint density at radius 3 is 2.67 bits per heavy atom. The Kier molecular flexibility index (Phi) is 8.08. The first-order chi connectivity index (χ1) is 17.4. The maximum Gasteiger partial charge on any atom is 0.306 e. The summed E-state index contributed by atoms with van der Waals surface area (Å²) in [6.45, 7) is 8.42. The average molecular weight is 496 g/mol. The van der Waals surface area contributed by atoms with Crippen LogP contribution < -0.4 is 10.3 Å². The molecule has 0 bridgehead atoms. The summed E-state index contributed by atoms with van der Waals surface area (Å²) in [6, 6.07) is 6.08. The van der Waals surface area contributed by atoms with E-state index in [9.17, 15) is 14.7 Å². The van der Waals surface area contributed by atoms with Crippen molar-refractivity contribution in [2.75, 3.05) is 20.2 Å². The number of carbonyl (C=O) groups is 1. The summed E-state index contributed by atoms with van der Waals surface area (Å²) < 4.78 is 7.55. The molecule has 9 heteroatoms. The van der Waals surface area contributed by atoms with Crippen LogP contribution in [0.2, 0.25) is 0 Å². The maximum absolute atomic E-state index is 13.3. The molecule has 1 saturated heterocycles. The van der Waals surface area contributed by atoms with Gasteiger partial charge in [0, 0.05) is 6.54 Å². The molecule has 1 aromatic carbocycles. The molecule has 1 aliphatic rings. The second-order valence-corrected chi connectivity index (χ2v) is 9.77. The SMILES string of the molecule is CCCCC(CC)n1nc(C)c2nc(-c3ccc(CN4CCC(C(=O)O)CC4)cc3OC)[nH]c(=O)c21. The van der Waals surface area contributed by atoms with Crippen molar-refractivity contribution in [1.29, 1.82) is 0 Å². The van der Waals surface area contributed by atoms with Crippen molar-refractivity contribution >= 4 is 17.0 Å². The Balaban J connectivity index is 1.62. The van der Waals surface area contributed by atoms with E-state index in [-0.39, 0.29) is 17.5 Å². The lowest BCUT2D eigenvalue weighted by molar-refractivity contribution is -0.143. The molecule has 2 N–H and O–H groups in total. The highest BCUT2D eigenvalue weighted by Gasteiger charge is 2.25. The van der Waals surface area contributed by atoms with Crippen molar-refractivity contribution in [3.8, 4) is 17.1 Å². The van der Waals surface area contributed by atoms with E-state index in [4.69, 9.17) is 14.8 Å². The number of aromatic amines is 1. The lowest BCUT2D eigenvalue weighted by atomic mass is 9.96. The standard InChI is InChI=1S/C27H37N5O4/c1-5-7-8-20(6-2)32-24-23(17(3)30-32)28-25(29-26(24)33)21-10-9-18(15-22(21)36-4)16-31-13-11-19(12-14-31)27(34)35/h9-10,15,19-20H,5-8,11-14,16H2,1-4H3,(H,34,35)(H,28,29,33). The number of hydrogen-bond donors (Lipinski definition) is 2. The highest BCUT2D eigenvalue weighted by atomic mass is 16.5. The van der Waals surface area contributed by atoms with Crippen LogP contribution in [0.4, 0.5) is 0 Å². The van der Waals surface area contributed by atoms with Gasteiger partial charge in [0.15, 0.2) is 5.52 Å². The van der Waals surface area contributed by atoms with Crippen LogP contribution in [0.15, 0.2) is 23.0 Å². The summed E-state index contributed by atoms with van der Waals surface area (Å²) in [5, 5.41) is 13.9. The van der Waals surface area contributed by atoms with E-state index in [0.29, 0.717) is 42.0 Å². The zero-order valence-corrected chi connectivity index (χ0v) is 21.7. The number of H-pyrrole nitrogens is 1. The van der Waals surface area contributed by atoms with Gasteiger partial charge >= 0.3 is 5.97 Å². The first kappa shape index (κ1) is 25.9. The van der Waals surface area contributed by atoms with Gasteiger partial charge in [0.1, 0.15) is 17.1 Å². The quantitative estimate of drug-likeness (QED) is 0.424. The number of aromatic nitrogens is 4. The molecule has 0 amide bonds. The van der Waals surface area contributed by atoms with Crippen LogP contribution in [0, 0.1) is 12.8 Å². The smallest absolute Gasteiger partial charge is 0.306 e. The lowest BCUT2D eigenvalue weighted by Gasteiger charge is -2.30. The number of aliphatic carboxylic acids is 1. The second kappa shape index (κ2) is 11.2. The summed E-state index contributed by atoms with van der Waals surface area (Å²) >= 11 is 0. The fraction of sp³-hybridized carbons (Fsp3) is 0.556. The van der Waals surface area contributed by atoms with E-state index in [0.717, 1.165) is 55.6 Å². The Morgan fingerprint density at radius 2 is 2.03 bits per heavy atom. The van der Waals surface area contributed by atoms with Gasteiger partial charge in [-0.15, -0.1) is 0 Å². The number of carboxylic acid groups (broad SMARTS) is 1. The molecule has 1 fully saturated rings. The van der Waals surface area contributed by atoms with E-state index in [2.05, 4.69) is 23.7 Å². The Hall–Kier alpha value is -3.20. The number of likely N-dealkylation sites (tertiary alicyclic amines) is 1. The normalized spacial score (nSPS) is 15.9. The van der Waals surface area contributed by atoms with E-state index < -0.39 is 5.97 Å². The number of carboxylic acids is 1. The Bertz CT molecular complexity index is 1270. The molecule has 1 atom stereocenters. The zero-order chi connectivity index (χ0) is 25.8. The number of fused-ring (bicyclic) bond motifs is 1. The minimum Gasteiger partial charge on any atom is -0.496 e.